The number of ether oxygens (including phenoxy) is 2. The first-order valence-corrected chi connectivity index (χ1v) is 12.6. The lowest BCUT2D eigenvalue weighted by atomic mass is 10.1. The summed E-state index contributed by atoms with van der Waals surface area (Å²) in [7, 11) is 0. The second kappa shape index (κ2) is 15.6. The monoisotopic (exact) mass is 479 g/mol. The van der Waals surface area contributed by atoms with E-state index in [0.717, 1.165) is 23.8 Å². The van der Waals surface area contributed by atoms with Crippen LogP contribution in [0.3, 0.4) is 0 Å². The van der Waals surface area contributed by atoms with Crippen LogP contribution in [0.2, 0.25) is 0 Å². The average molecular weight is 480 g/mol. The van der Waals surface area contributed by atoms with Crippen molar-refractivity contribution in [2.45, 2.75) is 102 Å². The van der Waals surface area contributed by atoms with Crippen LogP contribution in [0.5, 0.6) is 0 Å². The van der Waals surface area contributed by atoms with Crippen molar-refractivity contribution < 1.29 is 24.5 Å². The van der Waals surface area contributed by atoms with Crippen molar-refractivity contribution in [3.8, 4) is 0 Å². The molecule has 1 aromatic rings. The summed E-state index contributed by atoms with van der Waals surface area (Å²) in [6.07, 6.45) is 12.7. The zero-order valence-electron chi connectivity index (χ0n) is 20.4. The highest BCUT2D eigenvalue weighted by molar-refractivity contribution is 5.83. The van der Waals surface area contributed by atoms with Crippen LogP contribution in [0.4, 0.5) is 10.6 Å². The summed E-state index contributed by atoms with van der Waals surface area (Å²) in [5.74, 6) is 0.0591. The molecule has 0 bridgehead atoms. The molecular weight excluding hydrogens is 438 g/mol. The highest BCUT2D eigenvalue weighted by atomic mass is 16.6. The molecule has 0 spiro atoms. The second-order valence-corrected chi connectivity index (χ2v) is 8.88. The highest BCUT2D eigenvalue weighted by Gasteiger charge is 2.38. The van der Waals surface area contributed by atoms with Gasteiger partial charge in [-0.1, -0.05) is 84.1 Å². The molecule has 0 saturated carbocycles. The van der Waals surface area contributed by atoms with Crippen LogP contribution >= 0.6 is 0 Å². The fourth-order valence-corrected chi connectivity index (χ4v) is 4.01. The minimum absolute atomic E-state index is 0.0591. The van der Waals surface area contributed by atoms with Gasteiger partial charge in [0.05, 0.1) is 13.2 Å². The molecule has 9 heteroatoms. The average Bonchev–Trinajstić information content (AvgIpc) is 3.10. The van der Waals surface area contributed by atoms with E-state index in [2.05, 4.69) is 23.8 Å². The van der Waals surface area contributed by atoms with E-state index in [4.69, 9.17) is 9.47 Å². The molecule has 3 atom stereocenters. The molecular formula is C25H41N3O6. The number of aliphatic hydroxyl groups is 2. The molecule has 1 aromatic heterocycles. The molecule has 1 aliphatic rings. The maximum atomic E-state index is 12.3. The van der Waals surface area contributed by atoms with Gasteiger partial charge in [0.25, 0.3) is 0 Å². The number of carbonyl (C=O) groups excluding carboxylic acids is 1. The van der Waals surface area contributed by atoms with E-state index in [9.17, 15) is 19.8 Å². The van der Waals surface area contributed by atoms with Crippen molar-refractivity contribution in [2.75, 3.05) is 18.5 Å². The quantitative estimate of drug-likeness (QED) is 0.239. The topological polar surface area (TPSA) is 123 Å². The van der Waals surface area contributed by atoms with Gasteiger partial charge in [-0.05, 0) is 12.5 Å². The van der Waals surface area contributed by atoms with Gasteiger partial charge < -0.3 is 19.7 Å². The predicted molar refractivity (Wildman–Crippen MR) is 131 cm³/mol. The molecule has 0 unspecified atom stereocenters. The lowest BCUT2D eigenvalue weighted by molar-refractivity contribution is -0.0447. The summed E-state index contributed by atoms with van der Waals surface area (Å²) in [6, 6.07) is 1.43. The number of unbranched alkanes of at least 4 members (excludes halogenated alkanes) is 11. The van der Waals surface area contributed by atoms with Crippen LogP contribution < -0.4 is 11.0 Å². The Hall–Kier alpha value is -2.23. The van der Waals surface area contributed by atoms with Gasteiger partial charge in [0.2, 0.25) is 0 Å². The van der Waals surface area contributed by atoms with Crippen LogP contribution in [0.15, 0.2) is 29.2 Å². The smallest absolute Gasteiger partial charge is 0.412 e. The zero-order chi connectivity index (χ0) is 24.8. The van der Waals surface area contributed by atoms with Crippen LogP contribution in [-0.4, -0.2) is 51.3 Å². The first kappa shape index (κ1) is 28.0. The maximum absolute atomic E-state index is 12.3. The molecule has 1 amide bonds. The Labute approximate surface area is 202 Å². The summed E-state index contributed by atoms with van der Waals surface area (Å²) >= 11 is 0. The Morgan fingerprint density at radius 1 is 1.12 bits per heavy atom. The maximum Gasteiger partial charge on any atom is 0.412 e. The predicted octanol–water partition coefficient (Wildman–Crippen LogP) is 4.30. The largest absolute Gasteiger partial charge is 0.449 e. The summed E-state index contributed by atoms with van der Waals surface area (Å²) in [5.41, 5.74) is -0.429. The van der Waals surface area contributed by atoms with Gasteiger partial charge in [-0.2, -0.15) is 4.98 Å². The number of carbonyl (C=O) groups is 1. The Kier molecular flexibility index (Phi) is 12.9. The third-order valence-corrected chi connectivity index (χ3v) is 6.08. The minimum atomic E-state index is -1.07. The van der Waals surface area contributed by atoms with Crippen LogP contribution in [0, 0.1) is 0 Å². The van der Waals surface area contributed by atoms with Crippen molar-refractivity contribution in [3.63, 3.8) is 0 Å². The normalized spacial score (nSPS) is 20.0. The van der Waals surface area contributed by atoms with E-state index >= 15 is 0 Å². The molecule has 0 radical (unpaired) electrons. The van der Waals surface area contributed by atoms with Gasteiger partial charge in [-0.25, -0.2) is 9.59 Å². The minimum Gasteiger partial charge on any atom is -0.449 e. The summed E-state index contributed by atoms with van der Waals surface area (Å²) in [5, 5.41) is 21.7. The van der Waals surface area contributed by atoms with Gasteiger partial charge in [0, 0.05) is 11.8 Å². The molecule has 9 nitrogen and oxygen atoms in total. The van der Waals surface area contributed by atoms with E-state index in [1.807, 2.05) is 0 Å². The van der Waals surface area contributed by atoms with E-state index in [0.29, 0.717) is 6.61 Å². The Morgan fingerprint density at radius 2 is 1.71 bits per heavy atom. The number of amides is 1. The van der Waals surface area contributed by atoms with Crippen LogP contribution in [-0.2, 0) is 9.47 Å². The van der Waals surface area contributed by atoms with Crippen LogP contribution in [0.1, 0.15) is 90.2 Å². The Morgan fingerprint density at radius 3 is 2.24 bits per heavy atom. The van der Waals surface area contributed by atoms with Gasteiger partial charge in [0.1, 0.15) is 18.0 Å². The Balaban J connectivity index is 1.58. The van der Waals surface area contributed by atoms with E-state index < -0.39 is 36.8 Å². The van der Waals surface area contributed by atoms with E-state index in [1.54, 1.807) is 0 Å². The summed E-state index contributed by atoms with van der Waals surface area (Å²) < 4.78 is 11.8. The fourth-order valence-electron chi connectivity index (χ4n) is 4.01. The molecule has 1 fully saturated rings. The van der Waals surface area contributed by atoms with Crippen molar-refractivity contribution in [2.24, 2.45) is 0 Å². The molecule has 0 aromatic carbocycles. The van der Waals surface area contributed by atoms with Crippen molar-refractivity contribution in [1.29, 1.82) is 0 Å². The molecule has 34 heavy (non-hydrogen) atoms. The van der Waals surface area contributed by atoms with Gasteiger partial charge >= 0.3 is 11.8 Å². The lowest BCUT2D eigenvalue weighted by Gasteiger charge is -2.15. The molecule has 192 valence electrons. The SMILES string of the molecule is C=C1[C@H](n2ccc(NC(=O)OCCCCCCCCCCCCCC)nc2=O)O[C@H](CO)[C@H]1O. The lowest BCUT2D eigenvalue weighted by Crippen LogP contribution is -2.29. The standard InChI is InChI=1S/C25H41N3O6/c1-3-4-5-6-7-8-9-10-11-12-13-14-17-33-25(32)27-21-15-16-28(24(31)26-21)23-19(2)22(30)20(18-29)34-23/h15-16,20,22-23,29-30H,2-14,17-18H2,1H3,(H,26,27,31,32)/t20-,22+,23-/m1/s1. The number of anilines is 1. The number of hydrogen-bond donors (Lipinski definition) is 3. The van der Waals surface area contributed by atoms with Crippen LogP contribution in [0.25, 0.3) is 0 Å². The van der Waals surface area contributed by atoms with Crippen molar-refractivity contribution in [1.82, 2.24) is 9.55 Å². The Bertz CT molecular complexity index is 812. The van der Waals surface area contributed by atoms with Crippen molar-refractivity contribution >= 4 is 11.9 Å². The molecule has 2 rings (SSSR count). The summed E-state index contributed by atoms with van der Waals surface area (Å²) in [4.78, 5) is 28.1. The fraction of sp³-hybridized carbons (Fsp3) is 0.720. The van der Waals surface area contributed by atoms with E-state index in [1.165, 1.54) is 70.1 Å². The number of aromatic nitrogens is 2. The van der Waals surface area contributed by atoms with Gasteiger partial charge in [-0.3, -0.25) is 9.88 Å². The molecule has 2 heterocycles. The summed E-state index contributed by atoms with van der Waals surface area (Å²) in [6.45, 7) is 5.88. The molecule has 1 aliphatic heterocycles. The highest BCUT2D eigenvalue weighted by Crippen LogP contribution is 2.31. The molecule has 1 saturated heterocycles. The first-order valence-electron chi connectivity index (χ1n) is 12.6. The van der Waals surface area contributed by atoms with Gasteiger partial charge in [0.15, 0.2) is 6.23 Å². The molecule has 0 aliphatic carbocycles. The van der Waals surface area contributed by atoms with E-state index in [-0.39, 0.29) is 11.4 Å². The number of nitrogens with one attached hydrogen (secondary N) is 1. The number of nitrogens with zero attached hydrogens (tertiary/aromatic N) is 2. The van der Waals surface area contributed by atoms with Crippen molar-refractivity contribution in [3.05, 3.63) is 34.9 Å². The number of rotatable bonds is 16. The molecule has 3 N–H and O–H groups in total. The third-order valence-electron chi connectivity index (χ3n) is 6.08. The first-order chi connectivity index (χ1) is 16.5. The van der Waals surface area contributed by atoms with Gasteiger partial charge in [-0.15, -0.1) is 0 Å². The number of hydrogen-bond acceptors (Lipinski definition) is 7. The zero-order valence-corrected chi connectivity index (χ0v) is 20.4. The second-order valence-electron chi connectivity index (χ2n) is 8.88. The third kappa shape index (κ3) is 9.19. The number of aliphatic hydroxyl groups excluding tert-OH is 2.